The Hall–Kier alpha value is -0.640. The lowest BCUT2D eigenvalue weighted by atomic mass is 9.95. The van der Waals surface area contributed by atoms with E-state index >= 15 is 0 Å². The fraction of sp³-hybridized carbons (Fsp3) is 0.600. The molecule has 0 aromatic heterocycles. The van der Waals surface area contributed by atoms with Gasteiger partial charge in [-0.05, 0) is 30.0 Å². The van der Waals surface area contributed by atoms with E-state index in [0.29, 0.717) is 12.0 Å². The van der Waals surface area contributed by atoms with E-state index in [4.69, 9.17) is 0 Å². The molecule has 1 saturated heterocycles. The molecule has 0 saturated carbocycles. The minimum atomic E-state index is -0.151. The fourth-order valence-electron chi connectivity index (χ4n) is 2.62. The van der Waals surface area contributed by atoms with Crippen molar-refractivity contribution in [3.63, 3.8) is 0 Å². The van der Waals surface area contributed by atoms with Crippen molar-refractivity contribution in [1.29, 1.82) is 0 Å². The van der Waals surface area contributed by atoms with E-state index in [0.717, 1.165) is 32.6 Å². The number of benzene rings is 1. The Bertz CT molecular complexity index is 361. The summed E-state index contributed by atoms with van der Waals surface area (Å²) in [5.41, 5.74) is 1.24. The lowest BCUT2D eigenvalue weighted by Gasteiger charge is -2.36. The van der Waals surface area contributed by atoms with Crippen molar-refractivity contribution < 1.29 is 4.39 Å². The molecule has 1 aliphatic rings. The maximum atomic E-state index is 13.0. The Kier molecular flexibility index (Phi) is 6.76. The Morgan fingerprint density at radius 2 is 1.74 bits per heavy atom. The molecule has 0 aliphatic carbocycles. The van der Waals surface area contributed by atoms with Gasteiger partial charge in [0, 0.05) is 32.2 Å². The first-order chi connectivity index (χ1) is 8.66. The van der Waals surface area contributed by atoms with Crippen LogP contribution in [-0.2, 0) is 0 Å². The molecule has 1 aromatic carbocycles. The molecule has 1 aliphatic heterocycles. The molecule has 0 amide bonds. The van der Waals surface area contributed by atoms with Gasteiger partial charge in [0.15, 0.2) is 0 Å². The van der Waals surface area contributed by atoms with Gasteiger partial charge in [-0.2, -0.15) is 0 Å². The zero-order valence-electron chi connectivity index (χ0n) is 11.7. The molecular formula is C15H24ClFN2. The predicted molar refractivity (Wildman–Crippen MR) is 80.3 cm³/mol. The van der Waals surface area contributed by atoms with E-state index in [9.17, 15) is 4.39 Å². The summed E-state index contributed by atoms with van der Waals surface area (Å²) in [5.74, 6) is 0.497. The molecule has 0 spiro atoms. The molecule has 19 heavy (non-hydrogen) atoms. The van der Waals surface area contributed by atoms with Gasteiger partial charge in [-0.1, -0.05) is 26.0 Å². The number of rotatable bonds is 4. The van der Waals surface area contributed by atoms with E-state index in [1.807, 2.05) is 12.1 Å². The number of hydrogen-bond donors (Lipinski definition) is 1. The second-order valence-corrected chi connectivity index (χ2v) is 5.48. The van der Waals surface area contributed by atoms with Crippen molar-refractivity contribution in [1.82, 2.24) is 10.2 Å². The van der Waals surface area contributed by atoms with Crippen LogP contribution < -0.4 is 5.32 Å². The number of piperazine rings is 1. The van der Waals surface area contributed by atoms with Gasteiger partial charge in [0.2, 0.25) is 0 Å². The van der Waals surface area contributed by atoms with Crippen LogP contribution in [0.25, 0.3) is 0 Å². The van der Waals surface area contributed by atoms with Crippen LogP contribution >= 0.6 is 12.4 Å². The Morgan fingerprint density at radius 1 is 1.16 bits per heavy atom. The monoisotopic (exact) mass is 286 g/mol. The average Bonchev–Trinajstić information content (AvgIpc) is 2.38. The summed E-state index contributed by atoms with van der Waals surface area (Å²) >= 11 is 0. The number of nitrogens with one attached hydrogen (secondary N) is 1. The second-order valence-electron chi connectivity index (χ2n) is 5.48. The fourth-order valence-corrected chi connectivity index (χ4v) is 2.62. The van der Waals surface area contributed by atoms with E-state index < -0.39 is 0 Å². The van der Waals surface area contributed by atoms with Crippen molar-refractivity contribution in [3.05, 3.63) is 35.6 Å². The first-order valence-electron chi connectivity index (χ1n) is 6.87. The Morgan fingerprint density at radius 3 is 2.26 bits per heavy atom. The molecule has 1 N–H and O–H groups in total. The van der Waals surface area contributed by atoms with Gasteiger partial charge in [0.05, 0.1) is 0 Å². The molecule has 0 radical (unpaired) electrons. The molecule has 1 aromatic rings. The molecule has 1 atom stereocenters. The van der Waals surface area contributed by atoms with Crippen LogP contribution in [0.2, 0.25) is 0 Å². The third kappa shape index (κ3) is 4.75. The number of halogens is 2. The first kappa shape index (κ1) is 16.4. The van der Waals surface area contributed by atoms with Crippen LogP contribution in [-0.4, -0.2) is 31.1 Å². The molecule has 2 rings (SSSR count). The molecule has 0 unspecified atom stereocenters. The predicted octanol–water partition coefficient (Wildman–Crippen LogP) is 3.24. The quantitative estimate of drug-likeness (QED) is 0.914. The Labute approximate surface area is 121 Å². The van der Waals surface area contributed by atoms with Crippen molar-refractivity contribution in [2.75, 3.05) is 26.2 Å². The number of hydrogen-bond acceptors (Lipinski definition) is 2. The summed E-state index contributed by atoms with van der Waals surface area (Å²) in [6.45, 7) is 8.76. The summed E-state index contributed by atoms with van der Waals surface area (Å²) < 4.78 is 13.0. The zero-order valence-corrected chi connectivity index (χ0v) is 12.5. The van der Waals surface area contributed by atoms with Crippen molar-refractivity contribution in [2.24, 2.45) is 5.92 Å². The maximum absolute atomic E-state index is 13.0. The average molecular weight is 287 g/mol. The van der Waals surface area contributed by atoms with E-state index in [1.54, 1.807) is 12.1 Å². The van der Waals surface area contributed by atoms with Crippen LogP contribution in [0.4, 0.5) is 4.39 Å². The highest BCUT2D eigenvalue weighted by Crippen LogP contribution is 2.28. The van der Waals surface area contributed by atoms with E-state index in [-0.39, 0.29) is 18.2 Å². The van der Waals surface area contributed by atoms with Gasteiger partial charge >= 0.3 is 0 Å². The molecule has 2 nitrogen and oxygen atoms in total. The van der Waals surface area contributed by atoms with Gasteiger partial charge in [-0.25, -0.2) is 4.39 Å². The van der Waals surface area contributed by atoms with E-state index in [1.165, 1.54) is 5.56 Å². The molecule has 1 fully saturated rings. The SMILES string of the molecule is CC(C)C[C@H](c1ccc(F)cc1)N1CCNCC1.Cl. The first-order valence-corrected chi connectivity index (χ1v) is 6.87. The van der Waals surface area contributed by atoms with Gasteiger partial charge < -0.3 is 5.32 Å². The standard InChI is InChI=1S/C15H23FN2.ClH/c1-12(2)11-15(18-9-7-17-8-10-18)13-3-5-14(16)6-4-13;/h3-6,12,15,17H,7-11H2,1-2H3;1H/t15-;/m1./s1. The summed E-state index contributed by atoms with van der Waals surface area (Å²) in [6, 6.07) is 7.44. The van der Waals surface area contributed by atoms with E-state index in [2.05, 4.69) is 24.1 Å². The number of nitrogens with zero attached hydrogens (tertiary/aromatic N) is 1. The molecule has 0 bridgehead atoms. The van der Waals surface area contributed by atoms with Gasteiger partial charge in [0.1, 0.15) is 5.82 Å². The molecule has 4 heteroatoms. The van der Waals surface area contributed by atoms with Crippen LogP contribution in [0.15, 0.2) is 24.3 Å². The maximum Gasteiger partial charge on any atom is 0.123 e. The van der Waals surface area contributed by atoms with Crippen molar-refractivity contribution in [3.8, 4) is 0 Å². The topological polar surface area (TPSA) is 15.3 Å². The third-order valence-corrected chi connectivity index (χ3v) is 3.54. The normalized spacial score (nSPS) is 18.1. The summed E-state index contributed by atoms with van der Waals surface area (Å²) in [6.07, 6.45) is 1.13. The summed E-state index contributed by atoms with van der Waals surface area (Å²) in [5, 5.41) is 3.38. The lowest BCUT2D eigenvalue weighted by Crippen LogP contribution is -2.45. The van der Waals surface area contributed by atoms with Crippen LogP contribution in [0.3, 0.4) is 0 Å². The van der Waals surface area contributed by atoms with Crippen LogP contribution in [0.1, 0.15) is 31.9 Å². The molecular weight excluding hydrogens is 263 g/mol. The highest BCUT2D eigenvalue weighted by molar-refractivity contribution is 5.85. The Balaban J connectivity index is 0.00000180. The molecule has 1 heterocycles. The van der Waals surface area contributed by atoms with Crippen LogP contribution in [0.5, 0.6) is 0 Å². The smallest absolute Gasteiger partial charge is 0.123 e. The summed E-state index contributed by atoms with van der Waals surface area (Å²) in [7, 11) is 0. The van der Waals surface area contributed by atoms with Crippen molar-refractivity contribution >= 4 is 12.4 Å². The second kappa shape index (κ2) is 7.83. The summed E-state index contributed by atoms with van der Waals surface area (Å²) in [4.78, 5) is 2.52. The van der Waals surface area contributed by atoms with Crippen molar-refractivity contribution in [2.45, 2.75) is 26.3 Å². The highest BCUT2D eigenvalue weighted by atomic mass is 35.5. The van der Waals surface area contributed by atoms with Gasteiger partial charge in [-0.15, -0.1) is 12.4 Å². The minimum absolute atomic E-state index is 0. The van der Waals surface area contributed by atoms with Gasteiger partial charge in [0.25, 0.3) is 0 Å². The zero-order chi connectivity index (χ0) is 13.0. The minimum Gasteiger partial charge on any atom is -0.314 e. The molecule has 108 valence electrons. The third-order valence-electron chi connectivity index (χ3n) is 3.54. The van der Waals surface area contributed by atoms with Gasteiger partial charge in [-0.3, -0.25) is 4.90 Å². The highest BCUT2D eigenvalue weighted by Gasteiger charge is 2.22. The van der Waals surface area contributed by atoms with Crippen LogP contribution in [0, 0.1) is 11.7 Å². The lowest BCUT2D eigenvalue weighted by molar-refractivity contribution is 0.154. The largest absolute Gasteiger partial charge is 0.314 e.